The molecular formula is C14H23N3. The Morgan fingerprint density at radius 1 is 1.18 bits per heavy atom. The predicted molar refractivity (Wildman–Crippen MR) is 71.1 cm³/mol. The monoisotopic (exact) mass is 233 g/mol. The zero-order chi connectivity index (χ0) is 12.4. The van der Waals surface area contributed by atoms with Crippen LogP contribution < -0.4 is 5.32 Å². The van der Waals surface area contributed by atoms with Gasteiger partial charge >= 0.3 is 0 Å². The molecule has 94 valence electrons. The first kappa shape index (κ1) is 12.3. The van der Waals surface area contributed by atoms with Crippen molar-refractivity contribution in [3.05, 3.63) is 17.6 Å². The molecule has 1 saturated carbocycles. The summed E-state index contributed by atoms with van der Waals surface area (Å²) in [5.74, 6) is 2.63. The smallest absolute Gasteiger partial charge is 0.147 e. The molecule has 1 fully saturated rings. The second-order valence-corrected chi connectivity index (χ2v) is 5.55. The minimum atomic E-state index is 0.566. The zero-order valence-electron chi connectivity index (χ0n) is 11.3. The maximum absolute atomic E-state index is 4.54. The molecule has 1 aromatic rings. The van der Waals surface area contributed by atoms with Crippen LogP contribution >= 0.6 is 0 Å². The Morgan fingerprint density at radius 3 is 2.65 bits per heavy atom. The summed E-state index contributed by atoms with van der Waals surface area (Å²) in [6, 6.07) is 0.566. The van der Waals surface area contributed by atoms with Crippen LogP contribution in [-0.4, -0.2) is 16.0 Å². The zero-order valence-corrected chi connectivity index (χ0v) is 11.3. The highest BCUT2D eigenvalue weighted by Crippen LogP contribution is 2.31. The second-order valence-electron chi connectivity index (χ2n) is 5.55. The maximum atomic E-state index is 4.54. The van der Waals surface area contributed by atoms with Gasteiger partial charge in [-0.25, -0.2) is 4.98 Å². The fourth-order valence-corrected chi connectivity index (χ4v) is 2.55. The lowest BCUT2D eigenvalue weighted by Crippen LogP contribution is -2.31. The third-order valence-corrected chi connectivity index (χ3v) is 4.01. The van der Waals surface area contributed by atoms with E-state index in [0.717, 1.165) is 29.0 Å². The summed E-state index contributed by atoms with van der Waals surface area (Å²) in [5, 5.41) is 3.57. The molecule has 17 heavy (non-hydrogen) atoms. The lowest BCUT2D eigenvalue weighted by molar-refractivity contribution is 0.260. The Balaban J connectivity index is 2.03. The van der Waals surface area contributed by atoms with E-state index in [1.54, 1.807) is 0 Å². The molecule has 3 atom stereocenters. The van der Waals surface area contributed by atoms with Crippen molar-refractivity contribution < 1.29 is 0 Å². The molecule has 0 amide bonds. The van der Waals surface area contributed by atoms with Crippen LogP contribution in [0, 0.1) is 25.7 Å². The summed E-state index contributed by atoms with van der Waals surface area (Å²) in [4.78, 5) is 8.89. The quantitative estimate of drug-likeness (QED) is 0.851. The van der Waals surface area contributed by atoms with Gasteiger partial charge in [-0.05, 0) is 44.9 Å². The van der Waals surface area contributed by atoms with Crippen molar-refractivity contribution in [1.29, 1.82) is 0 Å². The van der Waals surface area contributed by atoms with Crippen molar-refractivity contribution in [2.45, 2.75) is 53.0 Å². The number of aryl methyl sites for hydroxylation is 2. The van der Waals surface area contributed by atoms with E-state index in [0.29, 0.717) is 6.04 Å². The minimum Gasteiger partial charge on any atom is -0.366 e. The van der Waals surface area contributed by atoms with Gasteiger partial charge in [0.15, 0.2) is 0 Å². The van der Waals surface area contributed by atoms with E-state index in [4.69, 9.17) is 0 Å². The Kier molecular flexibility index (Phi) is 3.65. The van der Waals surface area contributed by atoms with Crippen molar-refractivity contribution in [3.63, 3.8) is 0 Å². The molecule has 3 heteroatoms. The highest BCUT2D eigenvalue weighted by molar-refractivity contribution is 5.40. The van der Waals surface area contributed by atoms with Crippen LogP contribution in [-0.2, 0) is 0 Å². The molecule has 1 aliphatic rings. The second kappa shape index (κ2) is 5.03. The summed E-state index contributed by atoms with van der Waals surface area (Å²) < 4.78 is 0. The lowest BCUT2D eigenvalue weighted by Gasteiger charge is -2.33. The number of aromatic nitrogens is 2. The highest BCUT2D eigenvalue weighted by atomic mass is 15.0. The molecule has 1 N–H and O–H groups in total. The van der Waals surface area contributed by atoms with Crippen LogP contribution in [0.2, 0.25) is 0 Å². The molecule has 0 bridgehead atoms. The summed E-state index contributed by atoms with van der Waals surface area (Å²) >= 11 is 0. The molecule has 1 aliphatic carbocycles. The molecule has 0 aromatic carbocycles. The number of nitrogens with one attached hydrogen (secondary N) is 1. The van der Waals surface area contributed by atoms with Gasteiger partial charge in [0.2, 0.25) is 0 Å². The van der Waals surface area contributed by atoms with Crippen molar-refractivity contribution in [2.75, 3.05) is 5.32 Å². The summed E-state index contributed by atoms with van der Waals surface area (Å²) in [6.07, 6.45) is 5.64. The van der Waals surface area contributed by atoms with E-state index in [2.05, 4.69) is 29.1 Å². The Bertz CT molecular complexity index is 389. The van der Waals surface area contributed by atoms with Gasteiger partial charge in [0, 0.05) is 12.2 Å². The average molecular weight is 233 g/mol. The summed E-state index contributed by atoms with van der Waals surface area (Å²) in [5.41, 5.74) is 1.98. The van der Waals surface area contributed by atoms with E-state index in [1.807, 2.05) is 20.0 Å². The Hall–Kier alpha value is -1.12. The first-order valence-electron chi connectivity index (χ1n) is 6.63. The maximum Gasteiger partial charge on any atom is 0.147 e. The fraction of sp³-hybridized carbons (Fsp3) is 0.714. The fourth-order valence-electron chi connectivity index (χ4n) is 2.55. The van der Waals surface area contributed by atoms with Gasteiger partial charge in [0.05, 0.1) is 11.4 Å². The van der Waals surface area contributed by atoms with Gasteiger partial charge in [0.25, 0.3) is 0 Å². The van der Waals surface area contributed by atoms with Crippen molar-refractivity contribution >= 4 is 5.82 Å². The van der Waals surface area contributed by atoms with Gasteiger partial charge in [-0.1, -0.05) is 13.8 Å². The van der Waals surface area contributed by atoms with E-state index in [-0.39, 0.29) is 0 Å². The van der Waals surface area contributed by atoms with E-state index in [1.165, 1.54) is 19.3 Å². The molecule has 1 heterocycles. The third kappa shape index (κ3) is 2.96. The van der Waals surface area contributed by atoms with Crippen molar-refractivity contribution in [1.82, 2.24) is 9.97 Å². The molecule has 0 saturated heterocycles. The van der Waals surface area contributed by atoms with Gasteiger partial charge in [-0.3, -0.25) is 4.98 Å². The van der Waals surface area contributed by atoms with Crippen LogP contribution in [0.4, 0.5) is 5.82 Å². The molecule has 2 rings (SSSR count). The van der Waals surface area contributed by atoms with Gasteiger partial charge < -0.3 is 5.32 Å². The predicted octanol–water partition coefficient (Wildman–Crippen LogP) is 3.33. The normalized spacial score (nSPS) is 29.1. The molecule has 0 radical (unpaired) electrons. The average Bonchev–Trinajstić information content (AvgIpc) is 2.29. The molecule has 0 aliphatic heterocycles. The van der Waals surface area contributed by atoms with E-state index in [9.17, 15) is 0 Å². The van der Waals surface area contributed by atoms with Gasteiger partial charge in [-0.2, -0.15) is 0 Å². The number of rotatable bonds is 2. The molecule has 3 unspecified atom stereocenters. The SMILES string of the molecule is Cc1cnc(C)c(NC2CCC(C)C(C)C2)n1. The van der Waals surface area contributed by atoms with E-state index >= 15 is 0 Å². The van der Waals surface area contributed by atoms with Crippen LogP contribution in [0.1, 0.15) is 44.5 Å². The lowest BCUT2D eigenvalue weighted by atomic mass is 9.79. The van der Waals surface area contributed by atoms with Gasteiger partial charge in [0.1, 0.15) is 5.82 Å². The Labute approximate surface area is 104 Å². The standard InChI is InChI=1S/C14H23N3/c1-9-5-6-13(7-10(9)2)17-14-12(4)15-8-11(3)16-14/h8-10,13H,5-7H2,1-4H3,(H,16,17). The number of hydrogen-bond donors (Lipinski definition) is 1. The first-order valence-corrected chi connectivity index (χ1v) is 6.63. The number of anilines is 1. The largest absolute Gasteiger partial charge is 0.366 e. The van der Waals surface area contributed by atoms with Crippen LogP contribution in [0.5, 0.6) is 0 Å². The summed E-state index contributed by atoms with van der Waals surface area (Å²) in [6.45, 7) is 8.72. The molecule has 3 nitrogen and oxygen atoms in total. The van der Waals surface area contributed by atoms with Crippen molar-refractivity contribution in [3.8, 4) is 0 Å². The van der Waals surface area contributed by atoms with Crippen molar-refractivity contribution in [2.24, 2.45) is 11.8 Å². The number of hydrogen-bond acceptors (Lipinski definition) is 3. The minimum absolute atomic E-state index is 0.566. The first-order chi connectivity index (χ1) is 8.06. The molecule has 1 aromatic heterocycles. The molecular weight excluding hydrogens is 210 g/mol. The van der Waals surface area contributed by atoms with Crippen LogP contribution in [0.15, 0.2) is 6.20 Å². The van der Waals surface area contributed by atoms with E-state index < -0.39 is 0 Å². The van der Waals surface area contributed by atoms with Gasteiger partial charge in [-0.15, -0.1) is 0 Å². The topological polar surface area (TPSA) is 37.8 Å². The third-order valence-electron chi connectivity index (χ3n) is 4.01. The van der Waals surface area contributed by atoms with Crippen LogP contribution in [0.25, 0.3) is 0 Å². The molecule has 0 spiro atoms. The summed E-state index contributed by atoms with van der Waals surface area (Å²) in [7, 11) is 0. The Morgan fingerprint density at radius 2 is 1.94 bits per heavy atom. The number of nitrogens with zero attached hydrogens (tertiary/aromatic N) is 2. The van der Waals surface area contributed by atoms with Crippen LogP contribution in [0.3, 0.4) is 0 Å². The highest BCUT2D eigenvalue weighted by Gasteiger charge is 2.24.